The highest BCUT2D eigenvalue weighted by Crippen LogP contribution is 2.26. The number of hydrogen-bond donors (Lipinski definition) is 1. The first-order valence-electron chi connectivity index (χ1n) is 8.63. The lowest BCUT2D eigenvalue weighted by Gasteiger charge is -2.13. The molecule has 3 aromatic heterocycles. The van der Waals surface area contributed by atoms with Gasteiger partial charge in [0.15, 0.2) is 11.5 Å². The Balaban J connectivity index is 1.90. The normalized spacial score (nSPS) is 13.1. The molecule has 0 saturated carbocycles. The molecule has 0 radical (unpaired) electrons. The highest BCUT2D eigenvalue weighted by Gasteiger charge is 2.19. The molecular weight excluding hydrogens is 318 g/mol. The topological polar surface area (TPSA) is 94.5 Å². The molecule has 3 rings (SSSR count). The zero-order chi connectivity index (χ0) is 18.1. The van der Waals surface area contributed by atoms with Crippen LogP contribution in [0.4, 0.5) is 5.82 Å². The van der Waals surface area contributed by atoms with Crippen molar-refractivity contribution in [2.45, 2.75) is 53.0 Å². The number of aryl methyl sites for hydroxylation is 1. The molecule has 8 nitrogen and oxygen atoms in total. The smallest absolute Gasteiger partial charge is 0.248 e. The van der Waals surface area contributed by atoms with Crippen LogP contribution in [0.2, 0.25) is 0 Å². The van der Waals surface area contributed by atoms with Crippen molar-refractivity contribution in [3.8, 4) is 0 Å². The maximum absolute atomic E-state index is 5.41. The Kier molecular flexibility index (Phi) is 4.69. The number of aromatic nitrogens is 6. The Labute approximate surface area is 147 Å². The largest absolute Gasteiger partial charge is 0.358 e. The number of hydrogen-bond acceptors (Lipinski definition) is 7. The van der Waals surface area contributed by atoms with Crippen LogP contribution in [0.25, 0.3) is 11.0 Å². The molecule has 25 heavy (non-hydrogen) atoms. The van der Waals surface area contributed by atoms with Crippen molar-refractivity contribution >= 4 is 16.9 Å². The molecule has 3 heterocycles. The van der Waals surface area contributed by atoms with Gasteiger partial charge < -0.3 is 9.84 Å². The van der Waals surface area contributed by atoms with Crippen LogP contribution in [-0.2, 0) is 13.5 Å². The summed E-state index contributed by atoms with van der Waals surface area (Å²) in [6.45, 7) is 10.4. The molecule has 0 spiro atoms. The number of nitrogens with zero attached hydrogens (tertiary/aromatic N) is 6. The van der Waals surface area contributed by atoms with E-state index in [1.165, 1.54) is 0 Å². The molecule has 0 aliphatic carbocycles. The molecular formula is C17H25N7O. The Hall–Kier alpha value is -2.51. The van der Waals surface area contributed by atoms with Gasteiger partial charge in [-0.3, -0.25) is 4.68 Å². The summed E-state index contributed by atoms with van der Waals surface area (Å²) in [6.07, 6.45) is 2.57. The first-order chi connectivity index (χ1) is 11.8. The molecule has 0 aromatic carbocycles. The first kappa shape index (κ1) is 17.3. The van der Waals surface area contributed by atoms with Gasteiger partial charge in [0.2, 0.25) is 5.89 Å². The van der Waals surface area contributed by atoms with Crippen molar-refractivity contribution in [2.75, 3.05) is 5.32 Å². The lowest BCUT2D eigenvalue weighted by atomic mass is 10.1. The van der Waals surface area contributed by atoms with Gasteiger partial charge in [-0.1, -0.05) is 32.9 Å². The van der Waals surface area contributed by atoms with E-state index in [-0.39, 0.29) is 12.0 Å². The molecule has 3 aromatic rings. The predicted molar refractivity (Wildman–Crippen MR) is 95.3 cm³/mol. The van der Waals surface area contributed by atoms with Crippen LogP contribution < -0.4 is 5.32 Å². The Bertz CT molecular complexity index is 865. The Morgan fingerprint density at radius 1 is 1.12 bits per heavy atom. The van der Waals surface area contributed by atoms with Gasteiger partial charge in [0.25, 0.3) is 0 Å². The molecule has 0 aliphatic heterocycles. The van der Waals surface area contributed by atoms with E-state index in [0.717, 1.165) is 34.9 Å². The second kappa shape index (κ2) is 6.78. The van der Waals surface area contributed by atoms with Crippen LogP contribution in [0.15, 0.2) is 10.7 Å². The van der Waals surface area contributed by atoms with Gasteiger partial charge >= 0.3 is 0 Å². The fourth-order valence-corrected chi connectivity index (χ4v) is 2.57. The monoisotopic (exact) mass is 343 g/mol. The number of rotatable bonds is 6. The summed E-state index contributed by atoms with van der Waals surface area (Å²) in [5.74, 6) is 3.50. The third kappa shape index (κ3) is 3.62. The van der Waals surface area contributed by atoms with E-state index >= 15 is 0 Å². The second-order valence-electron chi connectivity index (χ2n) is 7.10. The highest BCUT2D eigenvalue weighted by atomic mass is 16.5. The van der Waals surface area contributed by atoms with Crippen molar-refractivity contribution in [1.29, 1.82) is 0 Å². The van der Waals surface area contributed by atoms with Crippen LogP contribution in [0.1, 0.15) is 64.1 Å². The van der Waals surface area contributed by atoms with Gasteiger partial charge in [0, 0.05) is 19.4 Å². The minimum Gasteiger partial charge on any atom is -0.358 e. The van der Waals surface area contributed by atoms with Crippen molar-refractivity contribution in [3.63, 3.8) is 0 Å². The van der Waals surface area contributed by atoms with Gasteiger partial charge in [-0.25, -0.2) is 9.97 Å². The summed E-state index contributed by atoms with van der Waals surface area (Å²) in [7, 11) is 1.88. The zero-order valence-electron chi connectivity index (χ0n) is 15.6. The van der Waals surface area contributed by atoms with Crippen molar-refractivity contribution in [1.82, 2.24) is 29.9 Å². The SMILES string of the molecule is CC(C)Cc1noc([C@H](C)Nc2nc(C(C)C)nc3c2cnn3C)n1. The lowest BCUT2D eigenvalue weighted by Crippen LogP contribution is -2.11. The Morgan fingerprint density at radius 2 is 1.88 bits per heavy atom. The van der Waals surface area contributed by atoms with E-state index in [0.29, 0.717) is 11.8 Å². The van der Waals surface area contributed by atoms with Crippen molar-refractivity contribution in [3.05, 3.63) is 23.7 Å². The summed E-state index contributed by atoms with van der Waals surface area (Å²) < 4.78 is 7.16. The molecule has 8 heteroatoms. The van der Waals surface area contributed by atoms with E-state index in [4.69, 9.17) is 4.52 Å². The summed E-state index contributed by atoms with van der Waals surface area (Å²) in [5.41, 5.74) is 0.805. The molecule has 134 valence electrons. The molecule has 0 saturated heterocycles. The molecule has 1 atom stereocenters. The zero-order valence-corrected chi connectivity index (χ0v) is 15.6. The van der Waals surface area contributed by atoms with Crippen LogP contribution >= 0.6 is 0 Å². The van der Waals surface area contributed by atoms with Gasteiger partial charge in [-0.15, -0.1) is 0 Å². The fourth-order valence-electron chi connectivity index (χ4n) is 2.57. The molecule has 0 amide bonds. The third-order valence-corrected chi connectivity index (χ3v) is 3.92. The summed E-state index contributed by atoms with van der Waals surface area (Å²) in [5, 5.41) is 12.6. The standard InChI is InChI=1S/C17H25N7O/c1-9(2)7-13-20-17(25-23-13)11(5)19-15-12-8-18-24(6)16(12)22-14(21-15)10(3)4/h8-11H,7H2,1-6H3,(H,19,21,22)/t11-/m0/s1. The van der Waals surface area contributed by atoms with Gasteiger partial charge in [0.05, 0.1) is 11.6 Å². The minimum atomic E-state index is -0.160. The van der Waals surface area contributed by atoms with Gasteiger partial charge in [0.1, 0.15) is 17.7 Å². The van der Waals surface area contributed by atoms with E-state index < -0.39 is 0 Å². The van der Waals surface area contributed by atoms with Gasteiger partial charge in [-0.2, -0.15) is 10.1 Å². The predicted octanol–water partition coefficient (Wildman–Crippen LogP) is 3.24. The highest BCUT2D eigenvalue weighted by molar-refractivity contribution is 5.86. The quantitative estimate of drug-likeness (QED) is 0.734. The fraction of sp³-hybridized carbons (Fsp3) is 0.588. The van der Waals surface area contributed by atoms with Crippen LogP contribution in [0, 0.1) is 5.92 Å². The average Bonchev–Trinajstić information content (AvgIpc) is 3.14. The number of anilines is 1. The number of nitrogens with one attached hydrogen (secondary N) is 1. The Morgan fingerprint density at radius 3 is 2.56 bits per heavy atom. The lowest BCUT2D eigenvalue weighted by molar-refractivity contribution is 0.361. The third-order valence-electron chi connectivity index (χ3n) is 3.92. The molecule has 0 fully saturated rings. The molecule has 0 unspecified atom stereocenters. The van der Waals surface area contributed by atoms with Gasteiger partial charge in [-0.05, 0) is 12.8 Å². The van der Waals surface area contributed by atoms with E-state index in [1.807, 2.05) is 14.0 Å². The van der Waals surface area contributed by atoms with Crippen molar-refractivity contribution < 1.29 is 4.52 Å². The minimum absolute atomic E-state index is 0.160. The van der Waals surface area contributed by atoms with E-state index in [1.54, 1.807) is 10.9 Å². The van der Waals surface area contributed by atoms with Crippen LogP contribution in [0.5, 0.6) is 0 Å². The maximum atomic E-state index is 5.41. The van der Waals surface area contributed by atoms with Crippen LogP contribution in [0.3, 0.4) is 0 Å². The molecule has 1 N–H and O–H groups in total. The maximum Gasteiger partial charge on any atom is 0.248 e. The molecule has 0 aliphatic rings. The average molecular weight is 343 g/mol. The first-order valence-corrected chi connectivity index (χ1v) is 8.63. The molecule has 0 bridgehead atoms. The summed E-state index contributed by atoms with van der Waals surface area (Å²) in [4.78, 5) is 13.8. The van der Waals surface area contributed by atoms with Crippen molar-refractivity contribution in [2.24, 2.45) is 13.0 Å². The second-order valence-corrected chi connectivity index (χ2v) is 7.10. The van der Waals surface area contributed by atoms with Crippen LogP contribution in [-0.4, -0.2) is 29.9 Å². The summed E-state index contributed by atoms with van der Waals surface area (Å²) in [6, 6.07) is -0.160. The van der Waals surface area contributed by atoms with E-state index in [9.17, 15) is 0 Å². The summed E-state index contributed by atoms with van der Waals surface area (Å²) >= 11 is 0. The van der Waals surface area contributed by atoms with E-state index in [2.05, 4.69) is 58.2 Å². The number of fused-ring (bicyclic) bond motifs is 1.